The number of hydrogen-bond acceptors (Lipinski definition) is 3. The van der Waals surface area contributed by atoms with Crippen LogP contribution in [0.25, 0.3) is 6.08 Å². The van der Waals surface area contributed by atoms with E-state index >= 15 is 0 Å². The van der Waals surface area contributed by atoms with Crippen LogP contribution < -0.4 is 10.1 Å². The molecule has 0 unspecified atom stereocenters. The van der Waals surface area contributed by atoms with Crippen LogP contribution >= 0.6 is 0 Å². The summed E-state index contributed by atoms with van der Waals surface area (Å²) in [5.41, 5.74) is 2.07. The molecule has 0 spiro atoms. The smallest absolute Gasteiger partial charge is 0.244 e. The lowest BCUT2D eigenvalue weighted by molar-refractivity contribution is -0.116. The van der Waals surface area contributed by atoms with E-state index in [1.165, 1.54) is 0 Å². The minimum atomic E-state index is -0.0761. The summed E-state index contributed by atoms with van der Waals surface area (Å²) in [6, 6.07) is 17.8. The highest BCUT2D eigenvalue weighted by atomic mass is 16.5. The summed E-state index contributed by atoms with van der Waals surface area (Å²) in [4.78, 5) is 14.2. The van der Waals surface area contributed by atoms with E-state index in [0.29, 0.717) is 13.2 Å². The number of ether oxygens (including phenoxy) is 1. The fourth-order valence-corrected chi connectivity index (χ4v) is 2.56. The number of nitrogens with one attached hydrogen (secondary N) is 1. The molecule has 0 fully saturated rings. The van der Waals surface area contributed by atoms with Crippen molar-refractivity contribution >= 4 is 12.0 Å². The normalized spacial score (nSPS) is 11.0. The number of benzene rings is 2. The average Bonchev–Trinajstić information content (AvgIpc) is 2.69. The van der Waals surface area contributed by atoms with Crippen LogP contribution in [-0.2, 0) is 11.4 Å². The van der Waals surface area contributed by atoms with Crippen LogP contribution in [0.1, 0.15) is 25.0 Å². The van der Waals surface area contributed by atoms with Crippen molar-refractivity contribution in [3.05, 3.63) is 71.8 Å². The van der Waals surface area contributed by atoms with Gasteiger partial charge in [0.15, 0.2) is 0 Å². The maximum absolute atomic E-state index is 11.9. The number of rotatable bonds is 10. The van der Waals surface area contributed by atoms with Crippen molar-refractivity contribution in [2.75, 3.05) is 26.2 Å². The van der Waals surface area contributed by atoms with Gasteiger partial charge in [-0.25, -0.2) is 0 Å². The van der Waals surface area contributed by atoms with E-state index in [1.54, 1.807) is 6.08 Å². The first-order chi connectivity index (χ1) is 12.7. The number of likely N-dealkylation sites (N-methyl/N-ethyl adjacent to an activating group) is 1. The van der Waals surface area contributed by atoms with Gasteiger partial charge in [0.1, 0.15) is 12.4 Å². The summed E-state index contributed by atoms with van der Waals surface area (Å²) in [6.07, 6.45) is 3.38. The van der Waals surface area contributed by atoms with Gasteiger partial charge >= 0.3 is 0 Å². The van der Waals surface area contributed by atoms with Gasteiger partial charge in [0.25, 0.3) is 0 Å². The van der Waals surface area contributed by atoms with Crippen LogP contribution in [0.5, 0.6) is 5.75 Å². The summed E-state index contributed by atoms with van der Waals surface area (Å²) in [5.74, 6) is 0.714. The second-order valence-corrected chi connectivity index (χ2v) is 6.00. The molecule has 0 saturated carbocycles. The molecule has 0 aliphatic carbocycles. The Hall–Kier alpha value is -2.59. The quantitative estimate of drug-likeness (QED) is 0.662. The van der Waals surface area contributed by atoms with Crippen LogP contribution in [-0.4, -0.2) is 37.0 Å². The monoisotopic (exact) mass is 352 g/mol. The van der Waals surface area contributed by atoms with Gasteiger partial charge in [0, 0.05) is 19.2 Å². The molecular formula is C22H28N2O2. The van der Waals surface area contributed by atoms with Crippen LogP contribution in [0.4, 0.5) is 0 Å². The molecule has 0 radical (unpaired) electrons. The number of nitrogens with zero attached hydrogens (tertiary/aromatic N) is 1. The van der Waals surface area contributed by atoms with Crippen molar-refractivity contribution in [3.63, 3.8) is 0 Å². The molecule has 0 aliphatic rings. The Morgan fingerprint density at radius 2 is 1.85 bits per heavy atom. The van der Waals surface area contributed by atoms with Crippen molar-refractivity contribution in [1.82, 2.24) is 10.2 Å². The predicted octanol–water partition coefficient (Wildman–Crippen LogP) is 3.74. The molecule has 0 bridgehead atoms. The molecule has 1 N–H and O–H groups in total. The van der Waals surface area contributed by atoms with Gasteiger partial charge < -0.3 is 15.0 Å². The van der Waals surface area contributed by atoms with Gasteiger partial charge in [-0.2, -0.15) is 0 Å². The molecule has 2 aromatic rings. The Balaban J connectivity index is 1.81. The molecule has 0 aliphatic heterocycles. The van der Waals surface area contributed by atoms with E-state index in [1.807, 2.05) is 60.7 Å². The molecule has 2 aromatic carbocycles. The summed E-state index contributed by atoms with van der Waals surface area (Å²) < 4.78 is 5.82. The zero-order valence-corrected chi connectivity index (χ0v) is 15.7. The summed E-state index contributed by atoms with van der Waals surface area (Å²) in [7, 11) is 0. The third-order valence-electron chi connectivity index (χ3n) is 4.16. The lowest BCUT2D eigenvalue weighted by Crippen LogP contribution is -2.34. The Bertz CT molecular complexity index is 694. The predicted molar refractivity (Wildman–Crippen MR) is 107 cm³/mol. The van der Waals surface area contributed by atoms with Crippen molar-refractivity contribution in [2.45, 2.75) is 20.5 Å². The number of hydrogen-bond donors (Lipinski definition) is 1. The largest absolute Gasteiger partial charge is 0.489 e. The molecule has 4 nitrogen and oxygen atoms in total. The first-order valence-electron chi connectivity index (χ1n) is 9.16. The van der Waals surface area contributed by atoms with E-state index in [4.69, 9.17) is 4.74 Å². The summed E-state index contributed by atoms with van der Waals surface area (Å²) >= 11 is 0. The van der Waals surface area contributed by atoms with Crippen LogP contribution in [0.15, 0.2) is 60.7 Å². The van der Waals surface area contributed by atoms with Gasteiger partial charge in [-0.15, -0.1) is 0 Å². The van der Waals surface area contributed by atoms with Gasteiger partial charge in [-0.1, -0.05) is 56.3 Å². The Labute approximate surface area is 156 Å². The maximum atomic E-state index is 11.9. The van der Waals surface area contributed by atoms with Crippen LogP contribution in [0.3, 0.4) is 0 Å². The second-order valence-electron chi connectivity index (χ2n) is 6.00. The Morgan fingerprint density at radius 3 is 2.58 bits per heavy atom. The molecular weight excluding hydrogens is 324 g/mol. The van der Waals surface area contributed by atoms with E-state index in [2.05, 4.69) is 24.1 Å². The van der Waals surface area contributed by atoms with Crippen molar-refractivity contribution in [1.29, 1.82) is 0 Å². The topological polar surface area (TPSA) is 41.6 Å². The Kier molecular flexibility index (Phi) is 8.43. The molecule has 26 heavy (non-hydrogen) atoms. The molecule has 0 heterocycles. The highest BCUT2D eigenvalue weighted by molar-refractivity contribution is 5.91. The van der Waals surface area contributed by atoms with E-state index in [0.717, 1.165) is 36.5 Å². The number of carbonyl (C=O) groups excluding carboxylic acids is 1. The fourth-order valence-electron chi connectivity index (χ4n) is 2.56. The summed E-state index contributed by atoms with van der Waals surface area (Å²) in [6.45, 7) is 8.30. The van der Waals surface area contributed by atoms with Gasteiger partial charge in [-0.3, -0.25) is 4.79 Å². The molecule has 0 saturated heterocycles. The zero-order valence-electron chi connectivity index (χ0n) is 15.7. The van der Waals surface area contributed by atoms with Crippen molar-refractivity contribution in [2.24, 2.45) is 0 Å². The minimum absolute atomic E-state index is 0.0761. The Morgan fingerprint density at radius 1 is 1.08 bits per heavy atom. The third kappa shape index (κ3) is 7.11. The maximum Gasteiger partial charge on any atom is 0.244 e. The van der Waals surface area contributed by atoms with E-state index < -0.39 is 0 Å². The summed E-state index contributed by atoms with van der Waals surface area (Å²) in [5, 5.41) is 2.91. The van der Waals surface area contributed by atoms with Crippen molar-refractivity contribution < 1.29 is 9.53 Å². The number of amides is 1. The van der Waals surface area contributed by atoms with Crippen LogP contribution in [0.2, 0.25) is 0 Å². The lowest BCUT2D eigenvalue weighted by Gasteiger charge is -2.17. The molecule has 4 heteroatoms. The molecule has 1 amide bonds. The zero-order chi connectivity index (χ0) is 18.6. The standard InChI is InChI=1S/C22H28N2O2/c1-3-24(4-2)16-15-23-22(25)14-13-19-11-8-12-21(17-19)26-18-20-9-6-5-7-10-20/h5-14,17H,3-4,15-16,18H2,1-2H3,(H,23,25)/b14-13+. The highest BCUT2D eigenvalue weighted by Gasteiger charge is 2.00. The highest BCUT2D eigenvalue weighted by Crippen LogP contribution is 2.16. The minimum Gasteiger partial charge on any atom is -0.489 e. The SMILES string of the molecule is CCN(CC)CCNC(=O)/C=C/c1cccc(OCc2ccccc2)c1. The van der Waals surface area contributed by atoms with Gasteiger partial charge in [0.05, 0.1) is 0 Å². The number of carbonyl (C=O) groups is 1. The first kappa shape index (κ1) is 19.7. The average molecular weight is 352 g/mol. The van der Waals surface area contributed by atoms with Gasteiger partial charge in [0.2, 0.25) is 5.91 Å². The molecule has 2 rings (SSSR count). The third-order valence-corrected chi connectivity index (χ3v) is 4.16. The molecule has 0 atom stereocenters. The molecule has 0 aromatic heterocycles. The van der Waals surface area contributed by atoms with Crippen molar-refractivity contribution in [3.8, 4) is 5.75 Å². The van der Waals surface area contributed by atoms with E-state index in [9.17, 15) is 4.79 Å². The second kappa shape index (κ2) is 11.1. The van der Waals surface area contributed by atoms with E-state index in [-0.39, 0.29) is 5.91 Å². The van der Waals surface area contributed by atoms with Crippen LogP contribution in [0, 0.1) is 0 Å². The fraction of sp³-hybridized carbons (Fsp3) is 0.318. The lowest BCUT2D eigenvalue weighted by atomic mass is 10.2. The van der Waals surface area contributed by atoms with Gasteiger partial charge in [-0.05, 0) is 42.4 Å². The first-order valence-corrected chi connectivity index (χ1v) is 9.16. The molecule has 138 valence electrons.